The summed E-state index contributed by atoms with van der Waals surface area (Å²) in [5.41, 5.74) is 1.64. The number of nitrogens with zero attached hydrogens (tertiary/aromatic N) is 1. The molecule has 0 bridgehead atoms. The van der Waals surface area contributed by atoms with Crippen LogP contribution in [-0.4, -0.2) is 82.7 Å². The lowest BCUT2D eigenvalue weighted by Crippen LogP contribution is -2.57. The van der Waals surface area contributed by atoms with Crippen LogP contribution < -0.4 is 20.7 Å². The number of hydrogen-bond donors (Lipinski definition) is 5. The number of carbonyl (C=O) groups is 4. The van der Waals surface area contributed by atoms with Crippen molar-refractivity contribution in [1.82, 2.24) is 20.9 Å². The molecule has 208 valence electrons. The monoisotopic (exact) mass is 538 g/mol. The van der Waals surface area contributed by atoms with Gasteiger partial charge in [-0.05, 0) is 48.2 Å². The van der Waals surface area contributed by atoms with E-state index in [-0.39, 0.29) is 49.1 Å². The Morgan fingerprint density at radius 3 is 2.36 bits per heavy atom. The highest BCUT2D eigenvalue weighted by Crippen LogP contribution is 2.28. The van der Waals surface area contributed by atoms with Crippen molar-refractivity contribution in [1.29, 1.82) is 0 Å². The number of hydrogen-bond acceptors (Lipinski definition) is 7. The Hall–Kier alpha value is -4.12. The average Bonchev–Trinajstić information content (AvgIpc) is 3.30. The number of benzene rings is 2. The third-order valence-corrected chi connectivity index (χ3v) is 6.91. The number of carbonyl (C=O) groups excluding carboxylic acids is 4. The zero-order valence-corrected chi connectivity index (χ0v) is 22.1. The molecule has 1 fully saturated rings. The zero-order chi connectivity index (χ0) is 28.3. The molecule has 4 rings (SSSR count). The molecule has 0 unspecified atom stereocenters. The first-order chi connectivity index (χ1) is 18.5. The Morgan fingerprint density at radius 2 is 1.67 bits per heavy atom. The second-order valence-electron chi connectivity index (χ2n) is 10.2. The fraction of sp³-hybridized carbons (Fsp3) is 0.429. The minimum absolute atomic E-state index is 0.0191. The normalized spacial score (nSPS) is 24.8. The minimum atomic E-state index is -0.985. The molecule has 0 spiro atoms. The predicted octanol–water partition coefficient (Wildman–Crippen LogP) is 0.789. The number of ether oxygens (including phenoxy) is 1. The standard InChI is InChI=1S/C28H34N4O7/c1-15(2)24-27(37)30-16(3)28(38)32-14-20(34)13-22(32)26(36)29-10-11-39-23-9-6-18(12-21(23)25(35)31-24)17-4-7-19(33)8-5-17/h4-9,12,15-16,20,22,24,33-34H,10-11,13-14H2,1-3H3,(H,29,36)(H,30,37)(H,31,35)/t16-,20+,22+,24+/m1/s1. The minimum Gasteiger partial charge on any atom is -0.508 e. The van der Waals surface area contributed by atoms with Gasteiger partial charge in [0.2, 0.25) is 17.7 Å². The summed E-state index contributed by atoms with van der Waals surface area (Å²) in [4.78, 5) is 54.0. The van der Waals surface area contributed by atoms with E-state index >= 15 is 0 Å². The third kappa shape index (κ3) is 6.31. The molecule has 0 aromatic heterocycles. The molecule has 2 aliphatic heterocycles. The van der Waals surface area contributed by atoms with E-state index in [0.717, 1.165) is 5.56 Å². The molecule has 4 atom stereocenters. The first-order valence-electron chi connectivity index (χ1n) is 13.0. The van der Waals surface area contributed by atoms with Crippen LogP contribution in [0.2, 0.25) is 0 Å². The van der Waals surface area contributed by atoms with Crippen LogP contribution in [0.4, 0.5) is 0 Å². The van der Waals surface area contributed by atoms with Gasteiger partial charge in [-0.15, -0.1) is 0 Å². The summed E-state index contributed by atoms with van der Waals surface area (Å²) < 4.78 is 5.86. The van der Waals surface area contributed by atoms with Crippen molar-refractivity contribution in [3.05, 3.63) is 48.0 Å². The Bertz CT molecular complexity index is 1250. The number of amides is 4. The Labute approximate surface area is 226 Å². The predicted molar refractivity (Wildman–Crippen MR) is 142 cm³/mol. The molecular formula is C28H34N4O7. The number of phenols is 1. The highest BCUT2D eigenvalue weighted by Gasteiger charge is 2.41. The molecule has 2 aliphatic rings. The molecule has 4 amide bonds. The van der Waals surface area contributed by atoms with Crippen LogP contribution in [0.15, 0.2) is 42.5 Å². The highest BCUT2D eigenvalue weighted by atomic mass is 16.5. The van der Waals surface area contributed by atoms with Gasteiger partial charge < -0.3 is 35.8 Å². The molecule has 2 aromatic carbocycles. The third-order valence-electron chi connectivity index (χ3n) is 6.91. The topological polar surface area (TPSA) is 157 Å². The van der Waals surface area contributed by atoms with Crippen molar-refractivity contribution >= 4 is 23.6 Å². The lowest BCUT2D eigenvalue weighted by atomic mass is 9.99. The average molecular weight is 539 g/mol. The van der Waals surface area contributed by atoms with Crippen LogP contribution >= 0.6 is 0 Å². The van der Waals surface area contributed by atoms with Crippen molar-refractivity contribution in [2.75, 3.05) is 19.7 Å². The number of nitrogens with one attached hydrogen (secondary N) is 3. The summed E-state index contributed by atoms with van der Waals surface area (Å²) in [6.07, 6.45) is -0.768. The van der Waals surface area contributed by atoms with Gasteiger partial charge in [-0.1, -0.05) is 32.0 Å². The van der Waals surface area contributed by atoms with E-state index in [1.807, 2.05) is 0 Å². The van der Waals surface area contributed by atoms with Crippen LogP contribution in [0.5, 0.6) is 11.5 Å². The zero-order valence-electron chi connectivity index (χ0n) is 22.1. The molecule has 2 heterocycles. The van der Waals surface area contributed by atoms with E-state index < -0.39 is 47.9 Å². The van der Waals surface area contributed by atoms with Gasteiger partial charge in [0.05, 0.1) is 18.2 Å². The molecule has 0 saturated carbocycles. The van der Waals surface area contributed by atoms with E-state index in [2.05, 4.69) is 16.0 Å². The molecule has 11 heteroatoms. The first kappa shape index (κ1) is 27.9. The summed E-state index contributed by atoms with van der Waals surface area (Å²) in [5.74, 6) is -1.97. The number of aliphatic hydroxyl groups is 1. The lowest BCUT2D eigenvalue weighted by molar-refractivity contribution is -0.141. The van der Waals surface area contributed by atoms with E-state index in [1.54, 1.807) is 44.2 Å². The van der Waals surface area contributed by atoms with Crippen LogP contribution in [0.1, 0.15) is 37.6 Å². The SMILES string of the molecule is CC(C)[C@@H]1NC(=O)c2cc(-c3ccc(O)cc3)ccc2OCCNC(=O)[C@@H]2C[C@H](O)CN2C(=O)[C@@H](C)NC1=O. The summed E-state index contributed by atoms with van der Waals surface area (Å²) >= 11 is 0. The first-order valence-corrected chi connectivity index (χ1v) is 13.0. The summed E-state index contributed by atoms with van der Waals surface area (Å²) in [7, 11) is 0. The molecule has 5 N–H and O–H groups in total. The van der Waals surface area contributed by atoms with E-state index in [0.29, 0.717) is 5.56 Å². The summed E-state index contributed by atoms with van der Waals surface area (Å²) in [5, 5.41) is 28.0. The van der Waals surface area contributed by atoms with Gasteiger partial charge in [0.15, 0.2) is 0 Å². The molecule has 0 radical (unpaired) electrons. The molecule has 39 heavy (non-hydrogen) atoms. The van der Waals surface area contributed by atoms with Crippen molar-refractivity contribution in [3.8, 4) is 22.6 Å². The number of fused-ring (bicyclic) bond motifs is 2. The van der Waals surface area contributed by atoms with Crippen molar-refractivity contribution in [2.45, 2.75) is 51.4 Å². The van der Waals surface area contributed by atoms with Crippen LogP contribution in [-0.2, 0) is 14.4 Å². The van der Waals surface area contributed by atoms with Gasteiger partial charge in [-0.2, -0.15) is 0 Å². The number of aromatic hydroxyl groups is 1. The van der Waals surface area contributed by atoms with Crippen molar-refractivity contribution < 1.29 is 34.1 Å². The second kappa shape index (κ2) is 11.7. The van der Waals surface area contributed by atoms with Gasteiger partial charge in [-0.25, -0.2) is 0 Å². The number of rotatable bonds is 2. The molecule has 0 aliphatic carbocycles. The fourth-order valence-electron chi connectivity index (χ4n) is 4.79. The molecular weight excluding hydrogens is 504 g/mol. The largest absolute Gasteiger partial charge is 0.508 e. The van der Waals surface area contributed by atoms with E-state index in [4.69, 9.17) is 4.74 Å². The Kier molecular flexibility index (Phi) is 8.39. The Morgan fingerprint density at radius 1 is 0.974 bits per heavy atom. The van der Waals surface area contributed by atoms with Crippen molar-refractivity contribution in [2.24, 2.45) is 5.92 Å². The van der Waals surface area contributed by atoms with Crippen molar-refractivity contribution in [3.63, 3.8) is 0 Å². The number of phenolic OH excluding ortho intramolecular Hbond substituents is 1. The van der Waals surface area contributed by atoms with Gasteiger partial charge in [0, 0.05) is 13.0 Å². The van der Waals surface area contributed by atoms with Gasteiger partial charge in [0.25, 0.3) is 5.91 Å². The lowest BCUT2D eigenvalue weighted by Gasteiger charge is -2.29. The van der Waals surface area contributed by atoms with Gasteiger partial charge >= 0.3 is 0 Å². The second-order valence-corrected chi connectivity index (χ2v) is 10.2. The van der Waals surface area contributed by atoms with Gasteiger partial charge in [0.1, 0.15) is 36.2 Å². The van der Waals surface area contributed by atoms with Crippen LogP contribution in [0, 0.1) is 5.92 Å². The van der Waals surface area contributed by atoms with Crippen LogP contribution in [0.3, 0.4) is 0 Å². The van der Waals surface area contributed by atoms with Gasteiger partial charge in [-0.3, -0.25) is 19.2 Å². The quantitative estimate of drug-likeness (QED) is 0.378. The number of aliphatic hydroxyl groups excluding tert-OH is 1. The van der Waals surface area contributed by atoms with E-state index in [1.165, 1.54) is 24.0 Å². The van der Waals surface area contributed by atoms with E-state index in [9.17, 15) is 29.4 Å². The fourth-order valence-corrected chi connectivity index (χ4v) is 4.79. The maximum absolute atomic E-state index is 13.5. The maximum Gasteiger partial charge on any atom is 0.255 e. The molecule has 2 aromatic rings. The summed E-state index contributed by atoms with van der Waals surface area (Å²) in [6, 6.07) is 8.74. The van der Waals surface area contributed by atoms with Crippen LogP contribution in [0.25, 0.3) is 11.1 Å². The smallest absolute Gasteiger partial charge is 0.255 e. The summed E-state index contributed by atoms with van der Waals surface area (Å²) in [6.45, 7) is 5.19. The molecule has 11 nitrogen and oxygen atoms in total. The molecule has 1 saturated heterocycles. The maximum atomic E-state index is 13.5. The highest BCUT2D eigenvalue weighted by molar-refractivity contribution is 6.01. The Balaban J connectivity index is 1.68.